The van der Waals surface area contributed by atoms with E-state index in [9.17, 15) is 4.79 Å². The number of nitrogens with zero attached hydrogens (tertiary/aromatic N) is 5. The van der Waals surface area contributed by atoms with Crippen LogP contribution in [0.3, 0.4) is 0 Å². The number of carbonyl (C=O) groups excluding carboxylic acids is 1. The Labute approximate surface area is 165 Å². The van der Waals surface area contributed by atoms with Crippen LogP contribution in [-0.2, 0) is 4.79 Å². The summed E-state index contributed by atoms with van der Waals surface area (Å²) >= 11 is 0. The first-order chi connectivity index (χ1) is 13.6. The third-order valence-electron chi connectivity index (χ3n) is 5.48. The number of amides is 1. The van der Waals surface area contributed by atoms with Crippen LogP contribution in [-0.4, -0.2) is 52.1 Å². The minimum absolute atomic E-state index is 0.166. The maximum absolute atomic E-state index is 12.7. The largest absolute Gasteiger partial charge is 0.353 e. The van der Waals surface area contributed by atoms with Gasteiger partial charge in [-0.25, -0.2) is 4.98 Å². The van der Waals surface area contributed by atoms with Gasteiger partial charge in [0, 0.05) is 49.8 Å². The van der Waals surface area contributed by atoms with Crippen molar-refractivity contribution in [2.45, 2.75) is 39.0 Å². The molecule has 0 radical (unpaired) electrons. The monoisotopic (exact) mass is 381 g/mol. The molecular formula is C21H27N5O2. The summed E-state index contributed by atoms with van der Waals surface area (Å²) in [5.74, 6) is 2.80. The summed E-state index contributed by atoms with van der Waals surface area (Å²) in [7, 11) is 0. The van der Waals surface area contributed by atoms with Crippen molar-refractivity contribution < 1.29 is 9.32 Å². The summed E-state index contributed by atoms with van der Waals surface area (Å²) in [6, 6.07) is 3.97. The van der Waals surface area contributed by atoms with Gasteiger partial charge in [-0.2, -0.15) is 4.98 Å². The summed E-state index contributed by atoms with van der Waals surface area (Å²) in [6.07, 6.45) is 8.99. The van der Waals surface area contributed by atoms with E-state index in [1.54, 1.807) is 6.20 Å². The van der Waals surface area contributed by atoms with Crippen LogP contribution in [0, 0.1) is 5.92 Å². The number of aromatic nitrogens is 3. The lowest BCUT2D eigenvalue weighted by molar-refractivity contribution is -0.136. The molecule has 1 unspecified atom stereocenters. The van der Waals surface area contributed by atoms with Crippen molar-refractivity contribution in [1.82, 2.24) is 20.0 Å². The minimum atomic E-state index is 0.166. The van der Waals surface area contributed by atoms with Crippen LogP contribution in [0.5, 0.6) is 0 Å². The van der Waals surface area contributed by atoms with Gasteiger partial charge in [0.05, 0.1) is 0 Å². The van der Waals surface area contributed by atoms with E-state index in [-0.39, 0.29) is 11.8 Å². The zero-order chi connectivity index (χ0) is 19.5. The maximum Gasteiger partial charge on any atom is 0.229 e. The first kappa shape index (κ1) is 18.7. The molecule has 1 amide bonds. The Morgan fingerprint density at radius 2 is 2.00 bits per heavy atom. The summed E-state index contributed by atoms with van der Waals surface area (Å²) in [6.45, 7) is 7.17. The van der Waals surface area contributed by atoms with Crippen LogP contribution < -0.4 is 4.90 Å². The number of carbonyl (C=O) groups is 1. The molecule has 2 aliphatic rings. The van der Waals surface area contributed by atoms with E-state index in [2.05, 4.69) is 32.2 Å². The normalized spacial score (nSPS) is 20.0. The summed E-state index contributed by atoms with van der Waals surface area (Å²) in [4.78, 5) is 25.9. The summed E-state index contributed by atoms with van der Waals surface area (Å²) in [5.41, 5.74) is 0.846. The standard InChI is InChI=1S/C21H27N5O2/c1-15(2)20-23-19(24-28-20)17-8-9-18(22-14-17)25-10-12-26(13-11-25)21(27)16-6-4-3-5-7-16/h3-4,8-9,14-16H,5-7,10-13H2,1-2H3. The molecule has 3 heterocycles. The zero-order valence-corrected chi connectivity index (χ0v) is 16.5. The number of anilines is 1. The molecule has 0 saturated carbocycles. The third kappa shape index (κ3) is 3.93. The molecule has 28 heavy (non-hydrogen) atoms. The van der Waals surface area contributed by atoms with Gasteiger partial charge in [-0.3, -0.25) is 4.79 Å². The number of pyridine rings is 1. The summed E-state index contributed by atoms with van der Waals surface area (Å²) < 4.78 is 5.27. The molecule has 148 valence electrons. The minimum Gasteiger partial charge on any atom is -0.353 e. The van der Waals surface area contributed by atoms with Crippen LogP contribution in [0.25, 0.3) is 11.4 Å². The molecule has 0 bridgehead atoms. The number of hydrogen-bond acceptors (Lipinski definition) is 6. The van der Waals surface area contributed by atoms with E-state index in [1.807, 2.05) is 30.9 Å². The van der Waals surface area contributed by atoms with Crippen LogP contribution in [0.1, 0.15) is 44.9 Å². The number of rotatable bonds is 4. The molecule has 1 aliphatic carbocycles. The lowest BCUT2D eigenvalue weighted by Crippen LogP contribution is -2.50. The third-order valence-corrected chi connectivity index (χ3v) is 5.48. The average Bonchev–Trinajstić information content (AvgIpc) is 3.25. The van der Waals surface area contributed by atoms with Gasteiger partial charge in [0.15, 0.2) is 0 Å². The second kappa shape index (κ2) is 8.12. The van der Waals surface area contributed by atoms with Crippen molar-refractivity contribution in [2.75, 3.05) is 31.1 Å². The van der Waals surface area contributed by atoms with Crippen molar-refractivity contribution >= 4 is 11.7 Å². The van der Waals surface area contributed by atoms with E-state index < -0.39 is 0 Å². The van der Waals surface area contributed by atoms with Gasteiger partial charge in [0.1, 0.15) is 5.82 Å². The molecular weight excluding hydrogens is 354 g/mol. The molecule has 0 N–H and O–H groups in total. The Balaban J connectivity index is 1.35. The van der Waals surface area contributed by atoms with E-state index >= 15 is 0 Å². The fourth-order valence-corrected chi connectivity index (χ4v) is 3.72. The molecule has 0 spiro atoms. The topological polar surface area (TPSA) is 75.4 Å². The van der Waals surface area contributed by atoms with Gasteiger partial charge < -0.3 is 14.3 Å². The molecule has 2 aromatic rings. The SMILES string of the molecule is CC(C)c1nc(-c2ccc(N3CCN(C(=O)C4CC=CCC4)CC3)nc2)no1. The van der Waals surface area contributed by atoms with Gasteiger partial charge >= 0.3 is 0 Å². The van der Waals surface area contributed by atoms with Crippen LogP contribution >= 0.6 is 0 Å². The second-order valence-corrected chi connectivity index (χ2v) is 7.81. The molecule has 1 atom stereocenters. The highest BCUT2D eigenvalue weighted by Crippen LogP contribution is 2.24. The molecule has 1 aliphatic heterocycles. The van der Waals surface area contributed by atoms with Crippen molar-refractivity contribution in [2.24, 2.45) is 5.92 Å². The molecule has 1 saturated heterocycles. The Kier molecular flexibility index (Phi) is 5.41. The van der Waals surface area contributed by atoms with Crippen LogP contribution in [0.4, 0.5) is 5.82 Å². The van der Waals surface area contributed by atoms with Crippen molar-refractivity contribution in [3.63, 3.8) is 0 Å². The van der Waals surface area contributed by atoms with Crippen LogP contribution in [0.15, 0.2) is 35.0 Å². The highest BCUT2D eigenvalue weighted by atomic mass is 16.5. The van der Waals surface area contributed by atoms with Crippen LogP contribution in [0.2, 0.25) is 0 Å². The predicted molar refractivity (Wildman–Crippen MR) is 107 cm³/mol. The average molecular weight is 381 g/mol. The number of allylic oxidation sites excluding steroid dienone is 2. The highest BCUT2D eigenvalue weighted by molar-refractivity contribution is 5.79. The quantitative estimate of drug-likeness (QED) is 0.757. The maximum atomic E-state index is 12.7. The fourth-order valence-electron chi connectivity index (χ4n) is 3.72. The van der Waals surface area contributed by atoms with E-state index in [0.29, 0.717) is 17.6 Å². The lowest BCUT2D eigenvalue weighted by atomic mass is 9.93. The zero-order valence-electron chi connectivity index (χ0n) is 16.5. The predicted octanol–water partition coefficient (Wildman–Crippen LogP) is 3.26. The molecule has 7 nitrogen and oxygen atoms in total. The molecule has 4 rings (SSSR count). The smallest absolute Gasteiger partial charge is 0.229 e. The lowest BCUT2D eigenvalue weighted by Gasteiger charge is -2.37. The Morgan fingerprint density at radius 3 is 2.61 bits per heavy atom. The first-order valence-corrected chi connectivity index (χ1v) is 10.1. The highest BCUT2D eigenvalue weighted by Gasteiger charge is 2.27. The summed E-state index contributed by atoms with van der Waals surface area (Å²) in [5, 5.41) is 4.03. The van der Waals surface area contributed by atoms with Gasteiger partial charge in [-0.05, 0) is 31.4 Å². The van der Waals surface area contributed by atoms with E-state index in [0.717, 1.165) is 56.8 Å². The van der Waals surface area contributed by atoms with Gasteiger partial charge in [-0.15, -0.1) is 0 Å². The second-order valence-electron chi connectivity index (χ2n) is 7.81. The number of piperazine rings is 1. The Morgan fingerprint density at radius 1 is 1.18 bits per heavy atom. The van der Waals surface area contributed by atoms with Crippen molar-refractivity contribution in [3.05, 3.63) is 36.4 Å². The van der Waals surface area contributed by atoms with Gasteiger partial charge in [0.2, 0.25) is 17.6 Å². The Hall–Kier alpha value is -2.70. The molecule has 2 aromatic heterocycles. The molecule has 1 fully saturated rings. The molecule has 0 aromatic carbocycles. The fraction of sp³-hybridized carbons (Fsp3) is 0.524. The van der Waals surface area contributed by atoms with E-state index in [4.69, 9.17) is 4.52 Å². The van der Waals surface area contributed by atoms with E-state index in [1.165, 1.54) is 0 Å². The van der Waals surface area contributed by atoms with Gasteiger partial charge in [-0.1, -0.05) is 31.2 Å². The van der Waals surface area contributed by atoms with Gasteiger partial charge in [0.25, 0.3) is 0 Å². The van der Waals surface area contributed by atoms with Crippen molar-refractivity contribution in [1.29, 1.82) is 0 Å². The first-order valence-electron chi connectivity index (χ1n) is 10.1. The Bertz CT molecular complexity index is 835. The number of hydrogen-bond donors (Lipinski definition) is 0. The van der Waals surface area contributed by atoms with Crippen molar-refractivity contribution in [3.8, 4) is 11.4 Å². The molecule has 7 heteroatoms.